The van der Waals surface area contributed by atoms with Crippen LogP contribution in [-0.4, -0.2) is 31.9 Å². The van der Waals surface area contributed by atoms with Crippen LogP contribution in [0.4, 0.5) is 0 Å². The number of thioether (sulfide) groups is 1. The molecule has 0 amide bonds. The van der Waals surface area contributed by atoms with Crippen molar-refractivity contribution in [3.05, 3.63) is 64.7 Å². The van der Waals surface area contributed by atoms with Crippen molar-refractivity contribution in [1.82, 2.24) is 0 Å². The molecule has 27 heavy (non-hydrogen) atoms. The minimum atomic E-state index is -0.456. The zero-order chi connectivity index (χ0) is 19.6. The second kappa shape index (κ2) is 10.6. The maximum atomic E-state index is 12.1. The van der Waals surface area contributed by atoms with Gasteiger partial charge < -0.3 is 14.2 Å². The highest BCUT2D eigenvalue weighted by Gasteiger charge is 2.11. The molecular formula is C20H19ClO5S. The lowest BCUT2D eigenvalue weighted by molar-refractivity contribution is -0.135. The van der Waals surface area contributed by atoms with Gasteiger partial charge in [-0.1, -0.05) is 29.8 Å². The van der Waals surface area contributed by atoms with E-state index in [-0.39, 0.29) is 11.7 Å². The summed E-state index contributed by atoms with van der Waals surface area (Å²) >= 11 is 7.30. The van der Waals surface area contributed by atoms with Crippen molar-refractivity contribution in [2.24, 2.45) is 0 Å². The van der Waals surface area contributed by atoms with Crippen LogP contribution in [0.15, 0.2) is 48.5 Å². The zero-order valence-electron chi connectivity index (χ0n) is 14.9. The van der Waals surface area contributed by atoms with Gasteiger partial charge in [0.05, 0.1) is 20.0 Å². The lowest BCUT2D eigenvalue weighted by Crippen LogP contribution is -2.11. The fraction of sp³-hybridized carbons (Fsp3) is 0.200. The third-order valence-corrected chi connectivity index (χ3v) is 4.66. The van der Waals surface area contributed by atoms with Gasteiger partial charge in [-0.25, -0.2) is 4.79 Å². The first-order valence-electron chi connectivity index (χ1n) is 7.98. The third-order valence-electron chi connectivity index (χ3n) is 3.43. The van der Waals surface area contributed by atoms with Gasteiger partial charge >= 0.3 is 11.9 Å². The zero-order valence-corrected chi connectivity index (χ0v) is 16.5. The summed E-state index contributed by atoms with van der Waals surface area (Å²) in [6.07, 6.45) is 2.88. The van der Waals surface area contributed by atoms with E-state index in [1.54, 1.807) is 24.3 Å². The van der Waals surface area contributed by atoms with E-state index in [1.165, 1.54) is 32.1 Å². The summed E-state index contributed by atoms with van der Waals surface area (Å²) in [4.78, 5) is 23.2. The monoisotopic (exact) mass is 406 g/mol. The predicted molar refractivity (Wildman–Crippen MR) is 107 cm³/mol. The molecular weight excluding hydrogens is 388 g/mol. The van der Waals surface area contributed by atoms with E-state index < -0.39 is 5.97 Å². The fourth-order valence-corrected chi connectivity index (χ4v) is 2.97. The average Bonchev–Trinajstić information content (AvgIpc) is 2.68. The first-order valence-corrected chi connectivity index (χ1v) is 9.52. The topological polar surface area (TPSA) is 61.8 Å². The highest BCUT2D eigenvalue weighted by molar-refractivity contribution is 7.99. The smallest absolute Gasteiger partial charge is 0.330 e. The third kappa shape index (κ3) is 7.00. The second-order valence-electron chi connectivity index (χ2n) is 5.36. The first kappa shape index (κ1) is 20.9. The Hall–Kier alpha value is -2.44. The molecule has 0 fully saturated rings. The number of hydrogen-bond donors (Lipinski definition) is 0. The van der Waals surface area contributed by atoms with E-state index >= 15 is 0 Å². The van der Waals surface area contributed by atoms with Crippen LogP contribution in [-0.2, 0) is 20.1 Å². The van der Waals surface area contributed by atoms with Crippen molar-refractivity contribution >= 4 is 41.4 Å². The quantitative estimate of drug-likeness (QED) is 0.368. The molecule has 0 unspecified atom stereocenters. The maximum absolute atomic E-state index is 12.1. The number of benzene rings is 2. The van der Waals surface area contributed by atoms with Gasteiger partial charge in [0.15, 0.2) is 11.5 Å². The average molecular weight is 407 g/mol. The van der Waals surface area contributed by atoms with Crippen molar-refractivity contribution < 1.29 is 23.8 Å². The summed E-state index contributed by atoms with van der Waals surface area (Å²) in [5, 5.41) is 0.681. The van der Waals surface area contributed by atoms with Crippen molar-refractivity contribution in [1.29, 1.82) is 0 Å². The lowest BCUT2D eigenvalue weighted by atomic mass is 10.2. The molecule has 0 aromatic heterocycles. The number of carbonyl (C=O) groups excluding carboxylic acids is 2. The van der Waals surface area contributed by atoms with Crippen molar-refractivity contribution in [3.63, 3.8) is 0 Å². The maximum Gasteiger partial charge on any atom is 0.330 e. The molecule has 0 bridgehead atoms. The van der Waals surface area contributed by atoms with Crippen LogP contribution >= 0.6 is 23.4 Å². The number of carbonyl (C=O) groups is 2. The Morgan fingerprint density at radius 1 is 1.07 bits per heavy atom. The molecule has 0 N–H and O–H groups in total. The largest absolute Gasteiger partial charge is 0.493 e. The number of rotatable bonds is 8. The van der Waals surface area contributed by atoms with Crippen molar-refractivity contribution in [2.45, 2.75) is 5.75 Å². The minimum Gasteiger partial charge on any atom is -0.493 e. The Labute approximate surface area is 167 Å². The molecule has 0 atom stereocenters. The van der Waals surface area contributed by atoms with Crippen LogP contribution in [0, 0.1) is 0 Å². The van der Waals surface area contributed by atoms with Gasteiger partial charge in [-0.3, -0.25) is 4.79 Å². The Balaban J connectivity index is 1.91. The van der Waals surface area contributed by atoms with E-state index in [4.69, 9.17) is 21.1 Å². The minimum absolute atomic E-state index is 0.204. The van der Waals surface area contributed by atoms with E-state index in [2.05, 4.69) is 4.74 Å². The van der Waals surface area contributed by atoms with E-state index in [1.807, 2.05) is 24.3 Å². The number of halogens is 1. The number of hydrogen-bond acceptors (Lipinski definition) is 6. The molecule has 0 heterocycles. The van der Waals surface area contributed by atoms with Crippen LogP contribution in [0.2, 0.25) is 5.02 Å². The summed E-state index contributed by atoms with van der Waals surface area (Å²) < 4.78 is 15.2. The van der Waals surface area contributed by atoms with Gasteiger partial charge in [0.2, 0.25) is 0 Å². The van der Waals surface area contributed by atoms with Gasteiger partial charge in [0, 0.05) is 16.9 Å². The number of esters is 2. The van der Waals surface area contributed by atoms with Crippen LogP contribution < -0.4 is 9.47 Å². The molecule has 0 saturated heterocycles. The Morgan fingerprint density at radius 3 is 2.48 bits per heavy atom. The molecule has 0 spiro atoms. The number of ether oxygens (including phenoxy) is 3. The summed E-state index contributed by atoms with van der Waals surface area (Å²) in [6.45, 7) is 0. The van der Waals surface area contributed by atoms with Gasteiger partial charge in [-0.2, -0.15) is 0 Å². The Kier molecular flexibility index (Phi) is 8.23. The van der Waals surface area contributed by atoms with Crippen LogP contribution in [0.3, 0.4) is 0 Å². The highest BCUT2D eigenvalue weighted by Crippen LogP contribution is 2.29. The van der Waals surface area contributed by atoms with Crippen LogP contribution in [0.1, 0.15) is 11.1 Å². The first-order chi connectivity index (χ1) is 13.0. The van der Waals surface area contributed by atoms with Crippen LogP contribution in [0.5, 0.6) is 11.5 Å². The molecule has 0 aliphatic rings. The van der Waals surface area contributed by atoms with Gasteiger partial charge in [0.1, 0.15) is 0 Å². The van der Waals surface area contributed by atoms with Crippen molar-refractivity contribution in [2.75, 3.05) is 20.0 Å². The summed E-state index contributed by atoms with van der Waals surface area (Å²) in [6, 6.07) is 12.5. The molecule has 0 radical (unpaired) electrons. The van der Waals surface area contributed by atoms with Gasteiger partial charge in [-0.15, -0.1) is 11.8 Å². The number of methoxy groups -OCH3 is 2. The molecule has 7 heteroatoms. The molecule has 2 aromatic rings. The lowest BCUT2D eigenvalue weighted by Gasteiger charge is -2.10. The van der Waals surface area contributed by atoms with Gasteiger partial charge in [-0.05, 0) is 41.5 Å². The Bertz CT molecular complexity index is 818. The molecule has 142 valence electrons. The molecule has 2 rings (SSSR count). The summed E-state index contributed by atoms with van der Waals surface area (Å²) in [5.41, 5.74) is 1.80. The summed E-state index contributed by atoms with van der Waals surface area (Å²) in [7, 11) is 2.79. The normalized spacial score (nSPS) is 10.6. The van der Waals surface area contributed by atoms with Crippen LogP contribution in [0.25, 0.3) is 6.08 Å². The van der Waals surface area contributed by atoms with E-state index in [0.717, 1.165) is 5.56 Å². The van der Waals surface area contributed by atoms with E-state index in [9.17, 15) is 9.59 Å². The fourth-order valence-electron chi connectivity index (χ4n) is 2.09. The molecule has 5 nitrogen and oxygen atoms in total. The standard InChI is InChI=1S/C20H19ClO5S/c1-24-18-11-14(6-10-19(22)25-2)5-9-17(18)26-20(23)13-27-12-15-3-7-16(21)8-4-15/h3-11H,12-13H2,1-2H3/b10-6+. The molecule has 0 aliphatic carbocycles. The van der Waals surface area contributed by atoms with Gasteiger partial charge in [0.25, 0.3) is 0 Å². The molecule has 0 aliphatic heterocycles. The van der Waals surface area contributed by atoms with Crippen molar-refractivity contribution in [3.8, 4) is 11.5 Å². The Morgan fingerprint density at radius 2 is 1.81 bits per heavy atom. The predicted octanol–water partition coefficient (Wildman–Crippen LogP) is 4.37. The SMILES string of the molecule is COC(=O)/C=C/c1ccc(OC(=O)CSCc2ccc(Cl)cc2)c(OC)c1. The molecule has 2 aromatic carbocycles. The molecule has 0 saturated carbocycles. The second-order valence-corrected chi connectivity index (χ2v) is 6.78. The highest BCUT2D eigenvalue weighted by atomic mass is 35.5. The summed E-state index contributed by atoms with van der Waals surface area (Å²) in [5.74, 6) is 0.784. The van der Waals surface area contributed by atoms with E-state index in [0.29, 0.717) is 27.8 Å².